The molecule has 0 aromatic heterocycles. The van der Waals surface area contributed by atoms with Crippen molar-refractivity contribution in [1.29, 1.82) is 0 Å². The van der Waals surface area contributed by atoms with Crippen molar-refractivity contribution < 1.29 is 9.59 Å². The summed E-state index contributed by atoms with van der Waals surface area (Å²) in [5.41, 5.74) is 2.70. The zero-order chi connectivity index (χ0) is 18.1. The zero-order valence-electron chi connectivity index (χ0n) is 14.3. The maximum Gasteiger partial charge on any atom is 0.295 e. The fraction of sp³-hybridized carbons (Fsp3) is 0.143. The van der Waals surface area contributed by atoms with Crippen LogP contribution in [0.25, 0.3) is 10.8 Å². The number of hydrogen-bond donors (Lipinski definition) is 1. The predicted molar refractivity (Wildman–Crippen MR) is 108 cm³/mol. The Morgan fingerprint density at radius 3 is 2.46 bits per heavy atom. The van der Waals surface area contributed by atoms with E-state index in [0.717, 1.165) is 34.6 Å². The molecular formula is C21H18N2O2S. The molecule has 0 radical (unpaired) electrons. The average Bonchev–Trinajstić information content (AvgIpc) is 2.95. The lowest BCUT2D eigenvalue weighted by molar-refractivity contribution is -0.116. The Morgan fingerprint density at radius 1 is 0.962 bits per heavy atom. The number of rotatable bonds is 4. The Morgan fingerprint density at radius 2 is 1.69 bits per heavy atom. The fourth-order valence-electron chi connectivity index (χ4n) is 3.11. The molecule has 1 N–H and O–H groups in total. The van der Waals surface area contributed by atoms with Gasteiger partial charge >= 0.3 is 0 Å². The number of fused-ring (bicyclic) bond motifs is 1. The van der Waals surface area contributed by atoms with Crippen LogP contribution < -0.4 is 10.2 Å². The summed E-state index contributed by atoms with van der Waals surface area (Å²) in [6, 6.07) is 21.4. The normalized spacial score (nSPS) is 17.1. The molecule has 0 saturated carbocycles. The number of aryl methyl sites for hydroxylation is 1. The minimum Gasteiger partial charge on any atom is -0.365 e. The van der Waals surface area contributed by atoms with Gasteiger partial charge < -0.3 is 5.32 Å². The number of amides is 2. The molecule has 130 valence electrons. The predicted octanol–water partition coefficient (Wildman–Crippen LogP) is 5.04. The SMILES string of the molecule is CCc1ccc(NC2SC(=O)N(c3cccc4ccccc34)C2=O)cc1. The Bertz CT molecular complexity index is 979. The standard InChI is InChI=1S/C21H18N2O2S/c1-2-14-10-12-16(13-11-14)22-19-20(24)23(21(25)26-19)18-9-5-7-15-6-3-4-8-17(15)18/h3-13,19,22H,2H2,1H3. The summed E-state index contributed by atoms with van der Waals surface area (Å²) >= 11 is 1.02. The second-order valence-electron chi connectivity index (χ2n) is 6.13. The van der Waals surface area contributed by atoms with Gasteiger partial charge in [-0.05, 0) is 47.3 Å². The van der Waals surface area contributed by atoms with Crippen LogP contribution in [0.3, 0.4) is 0 Å². The number of anilines is 2. The molecule has 3 aromatic rings. The lowest BCUT2D eigenvalue weighted by atomic mass is 10.1. The fourth-order valence-corrected chi connectivity index (χ4v) is 4.01. The van der Waals surface area contributed by atoms with Crippen molar-refractivity contribution in [3.63, 3.8) is 0 Å². The number of benzene rings is 3. The minimum atomic E-state index is -0.617. The number of carbonyl (C=O) groups is 2. The highest BCUT2D eigenvalue weighted by molar-refractivity contribution is 8.16. The van der Waals surface area contributed by atoms with Gasteiger partial charge in [0.25, 0.3) is 11.1 Å². The van der Waals surface area contributed by atoms with E-state index in [4.69, 9.17) is 0 Å². The summed E-state index contributed by atoms with van der Waals surface area (Å²) < 4.78 is 0. The zero-order valence-corrected chi connectivity index (χ0v) is 15.1. The van der Waals surface area contributed by atoms with E-state index in [0.29, 0.717) is 5.69 Å². The molecule has 3 aromatic carbocycles. The first-order chi connectivity index (χ1) is 12.7. The van der Waals surface area contributed by atoms with E-state index >= 15 is 0 Å². The highest BCUT2D eigenvalue weighted by Crippen LogP contribution is 2.36. The van der Waals surface area contributed by atoms with Gasteiger partial charge in [-0.15, -0.1) is 0 Å². The van der Waals surface area contributed by atoms with Crippen LogP contribution in [0.15, 0.2) is 66.7 Å². The number of hydrogen-bond acceptors (Lipinski definition) is 4. The number of imide groups is 1. The van der Waals surface area contributed by atoms with E-state index in [2.05, 4.69) is 12.2 Å². The third-order valence-electron chi connectivity index (χ3n) is 4.51. The molecule has 1 aliphatic heterocycles. The first-order valence-electron chi connectivity index (χ1n) is 8.55. The van der Waals surface area contributed by atoms with Crippen molar-refractivity contribution in [2.45, 2.75) is 18.7 Å². The third kappa shape index (κ3) is 2.95. The van der Waals surface area contributed by atoms with Gasteiger partial charge in [-0.2, -0.15) is 0 Å². The van der Waals surface area contributed by atoms with E-state index in [1.807, 2.05) is 66.7 Å². The molecule has 1 saturated heterocycles. The van der Waals surface area contributed by atoms with Gasteiger partial charge in [-0.3, -0.25) is 9.59 Å². The maximum atomic E-state index is 12.9. The van der Waals surface area contributed by atoms with Crippen LogP contribution in [0.2, 0.25) is 0 Å². The third-order valence-corrected chi connectivity index (χ3v) is 5.45. The maximum absolute atomic E-state index is 12.9. The van der Waals surface area contributed by atoms with Crippen molar-refractivity contribution in [3.8, 4) is 0 Å². The van der Waals surface area contributed by atoms with E-state index in [9.17, 15) is 9.59 Å². The topological polar surface area (TPSA) is 49.4 Å². The second kappa shape index (κ2) is 6.84. The molecule has 4 rings (SSSR count). The van der Waals surface area contributed by atoms with Crippen molar-refractivity contribution in [2.75, 3.05) is 10.2 Å². The molecule has 1 aliphatic rings. The summed E-state index contributed by atoms with van der Waals surface area (Å²) in [7, 11) is 0. The van der Waals surface area contributed by atoms with Crippen molar-refractivity contribution >= 4 is 45.1 Å². The summed E-state index contributed by atoms with van der Waals surface area (Å²) in [6.07, 6.45) is 0.963. The summed E-state index contributed by atoms with van der Waals surface area (Å²) in [5.74, 6) is -0.240. The number of thioether (sulfide) groups is 1. The Labute approximate surface area is 156 Å². The molecular weight excluding hydrogens is 344 g/mol. The summed E-state index contributed by atoms with van der Waals surface area (Å²) in [6.45, 7) is 2.10. The minimum absolute atomic E-state index is 0.240. The van der Waals surface area contributed by atoms with Crippen molar-refractivity contribution in [2.24, 2.45) is 0 Å². The number of nitrogens with zero attached hydrogens (tertiary/aromatic N) is 1. The van der Waals surface area contributed by atoms with Crippen molar-refractivity contribution in [1.82, 2.24) is 0 Å². The molecule has 1 heterocycles. The molecule has 1 fully saturated rings. The van der Waals surface area contributed by atoms with Gasteiger partial charge in [0.2, 0.25) is 0 Å². The van der Waals surface area contributed by atoms with Gasteiger partial charge in [-0.25, -0.2) is 4.90 Å². The molecule has 0 spiro atoms. The monoisotopic (exact) mass is 362 g/mol. The molecule has 2 amide bonds. The van der Waals surface area contributed by atoms with Crippen LogP contribution in [0.4, 0.5) is 16.2 Å². The smallest absolute Gasteiger partial charge is 0.295 e. The molecule has 0 bridgehead atoms. The quantitative estimate of drug-likeness (QED) is 0.706. The lowest BCUT2D eigenvalue weighted by Crippen LogP contribution is -2.34. The van der Waals surface area contributed by atoms with Crippen molar-refractivity contribution in [3.05, 3.63) is 72.3 Å². The van der Waals surface area contributed by atoms with Gasteiger partial charge in [0, 0.05) is 11.1 Å². The molecule has 26 heavy (non-hydrogen) atoms. The Balaban J connectivity index is 1.62. The average molecular weight is 362 g/mol. The molecule has 1 unspecified atom stereocenters. The highest BCUT2D eigenvalue weighted by atomic mass is 32.2. The molecule has 5 heteroatoms. The van der Waals surface area contributed by atoms with E-state index < -0.39 is 5.37 Å². The molecule has 1 atom stereocenters. The van der Waals surface area contributed by atoms with E-state index in [1.165, 1.54) is 10.5 Å². The van der Waals surface area contributed by atoms with Crippen LogP contribution in [-0.4, -0.2) is 16.5 Å². The van der Waals surface area contributed by atoms with Crippen LogP contribution in [0.1, 0.15) is 12.5 Å². The number of nitrogens with one attached hydrogen (secondary N) is 1. The Kier molecular flexibility index (Phi) is 4.39. The summed E-state index contributed by atoms with van der Waals surface area (Å²) in [4.78, 5) is 26.8. The highest BCUT2D eigenvalue weighted by Gasteiger charge is 2.41. The Hall–Kier alpha value is -2.79. The largest absolute Gasteiger partial charge is 0.365 e. The first-order valence-corrected chi connectivity index (χ1v) is 9.43. The van der Waals surface area contributed by atoms with Crippen LogP contribution in [0, 0.1) is 0 Å². The molecule has 4 nitrogen and oxygen atoms in total. The van der Waals surface area contributed by atoms with Gasteiger partial charge in [-0.1, -0.05) is 55.5 Å². The van der Waals surface area contributed by atoms with Gasteiger partial charge in [0.1, 0.15) is 0 Å². The van der Waals surface area contributed by atoms with Crippen LogP contribution >= 0.6 is 11.8 Å². The van der Waals surface area contributed by atoms with Crippen LogP contribution in [0.5, 0.6) is 0 Å². The summed E-state index contributed by atoms with van der Waals surface area (Å²) in [5, 5.41) is 4.19. The van der Waals surface area contributed by atoms with E-state index in [1.54, 1.807) is 0 Å². The molecule has 0 aliphatic carbocycles. The second-order valence-corrected chi connectivity index (χ2v) is 7.19. The van der Waals surface area contributed by atoms with Gasteiger partial charge in [0.15, 0.2) is 5.37 Å². The first kappa shape index (κ1) is 16.7. The van der Waals surface area contributed by atoms with E-state index in [-0.39, 0.29) is 11.1 Å². The van der Waals surface area contributed by atoms with Crippen LogP contribution in [-0.2, 0) is 11.2 Å². The van der Waals surface area contributed by atoms with Gasteiger partial charge in [0.05, 0.1) is 5.69 Å². The lowest BCUT2D eigenvalue weighted by Gasteiger charge is -2.17. The number of carbonyl (C=O) groups excluding carboxylic acids is 2.